The van der Waals surface area contributed by atoms with Crippen molar-refractivity contribution in [1.29, 1.82) is 0 Å². The molecule has 0 bridgehead atoms. The summed E-state index contributed by atoms with van der Waals surface area (Å²) in [5, 5.41) is 46.2. The lowest BCUT2D eigenvalue weighted by molar-refractivity contribution is -0.384. The molecular formula is C22H14F2N4O5S. The molecule has 9 nitrogen and oxygen atoms in total. The third-order valence-electron chi connectivity index (χ3n) is 4.66. The number of phenolic OH excluding ortho intramolecular Hbond substituents is 3. The molecule has 1 aromatic heterocycles. The van der Waals surface area contributed by atoms with Crippen LogP contribution in [-0.4, -0.2) is 31.1 Å². The maximum absolute atomic E-state index is 14.2. The third kappa shape index (κ3) is 4.47. The first-order valence-corrected chi connectivity index (χ1v) is 10.4. The number of phenols is 3. The summed E-state index contributed by atoms with van der Waals surface area (Å²) in [7, 11) is 0. The van der Waals surface area contributed by atoms with Crippen LogP contribution in [0.1, 0.15) is 5.56 Å². The molecule has 0 atom stereocenters. The van der Waals surface area contributed by atoms with Crippen LogP contribution >= 0.6 is 11.3 Å². The normalized spacial score (nSPS) is 11.9. The van der Waals surface area contributed by atoms with Gasteiger partial charge in [-0.05, 0) is 36.4 Å². The van der Waals surface area contributed by atoms with Crippen molar-refractivity contribution in [2.45, 2.75) is 0 Å². The Kier molecular flexibility index (Phi) is 6.06. The monoisotopic (exact) mass is 484 g/mol. The van der Waals surface area contributed by atoms with E-state index in [1.807, 2.05) is 0 Å². The van der Waals surface area contributed by atoms with Gasteiger partial charge in [0, 0.05) is 34.7 Å². The highest BCUT2D eigenvalue weighted by Crippen LogP contribution is 2.36. The van der Waals surface area contributed by atoms with E-state index in [9.17, 15) is 34.2 Å². The topological polar surface area (TPSA) is 133 Å². The zero-order valence-corrected chi connectivity index (χ0v) is 17.8. The van der Waals surface area contributed by atoms with Gasteiger partial charge in [0.1, 0.15) is 11.5 Å². The van der Waals surface area contributed by atoms with Gasteiger partial charge in [-0.2, -0.15) is 5.10 Å². The van der Waals surface area contributed by atoms with E-state index in [-0.39, 0.29) is 21.7 Å². The highest BCUT2D eigenvalue weighted by atomic mass is 32.1. The predicted molar refractivity (Wildman–Crippen MR) is 120 cm³/mol. The number of halogens is 2. The Hall–Kier alpha value is -4.58. The Bertz CT molecular complexity index is 1500. The molecule has 1 heterocycles. The lowest BCUT2D eigenvalue weighted by atomic mass is 10.1. The molecule has 0 amide bonds. The van der Waals surface area contributed by atoms with Gasteiger partial charge in [-0.15, -0.1) is 11.3 Å². The van der Waals surface area contributed by atoms with Gasteiger partial charge in [-0.3, -0.25) is 10.1 Å². The van der Waals surface area contributed by atoms with Gasteiger partial charge in [0.2, 0.25) is 10.6 Å². The number of nitrogens with zero attached hydrogens (tertiary/aromatic N) is 4. The summed E-state index contributed by atoms with van der Waals surface area (Å²) >= 11 is 1.07. The van der Waals surface area contributed by atoms with E-state index in [4.69, 9.17) is 0 Å². The number of hydrogen-bond donors (Lipinski definition) is 3. The number of nitro benzene ring substituents is 1. The molecule has 34 heavy (non-hydrogen) atoms. The van der Waals surface area contributed by atoms with E-state index in [1.165, 1.54) is 41.2 Å². The number of nitro groups is 1. The fourth-order valence-corrected chi connectivity index (χ4v) is 3.77. The molecule has 3 aromatic carbocycles. The summed E-state index contributed by atoms with van der Waals surface area (Å²) in [5.41, 5.74) is 0.754. The van der Waals surface area contributed by atoms with Gasteiger partial charge in [-0.1, -0.05) is 0 Å². The van der Waals surface area contributed by atoms with E-state index < -0.39 is 33.8 Å². The fraction of sp³-hybridized carbons (Fsp3) is 0. The second kappa shape index (κ2) is 9.11. The van der Waals surface area contributed by atoms with Crippen molar-refractivity contribution < 1.29 is 29.0 Å². The quantitative estimate of drug-likeness (QED) is 0.164. The Morgan fingerprint density at radius 1 is 1.00 bits per heavy atom. The molecule has 172 valence electrons. The van der Waals surface area contributed by atoms with Gasteiger partial charge in [-0.25, -0.2) is 18.4 Å². The SMILES string of the molecule is O=[N+]([O-])c1ccc(-c2csc(=Nc3ccc(F)cc3F)n2N=Cc2ccc(O)c(O)c2O)cc1. The van der Waals surface area contributed by atoms with E-state index in [0.29, 0.717) is 17.3 Å². The summed E-state index contributed by atoms with van der Waals surface area (Å²) < 4.78 is 28.7. The summed E-state index contributed by atoms with van der Waals surface area (Å²) in [6.45, 7) is 0. The average Bonchev–Trinajstić information content (AvgIpc) is 3.21. The summed E-state index contributed by atoms with van der Waals surface area (Å²) in [6, 6.07) is 11.0. The van der Waals surface area contributed by atoms with E-state index in [2.05, 4.69) is 10.1 Å². The second-order valence-corrected chi connectivity index (χ2v) is 7.68. The average molecular weight is 484 g/mol. The third-order valence-corrected chi connectivity index (χ3v) is 5.47. The molecular weight excluding hydrogens is 470 g/mol. The Morgan fingerprint density at radius 2 is 1.74 bits per heavy atom. The Morgan fingerprint density at radius 3 is 2.41 bits per heavy atom. The molecule has 0 spiro atoms. The van der Waals surface area contributed by atoms with Crippen LogP contribution < -0.4 is 4.80 Å². The van der Waals surface area contributed by atoms with Crippen molar-refractivity contribution in [3.8, 4) is 28.5 Å². The van der Waals surface area contributed by atoms with Crippen LogP contribution in [0.25, 0.3) is 11.3 Å². The molecule has 4 aromatic rings. The molecule has 0 aliphatic carbocycles. The molecule has 3 N–H and O–H groups in total. The maximum atomic E-state index is 14.2. The molecule has 0 saturated heterocycles. The number of rotatable bonds is 5. The number of non-ortho nitro benzene ring substituents is 1. The summed E-state index contributed by atoms with van der Waals surface area (Å²) in [4.78, 5) is 14.8. The standard InChI is InChI=1S/C22H14F2N4O5S/c23-14-4-7-17(16(24)9-14)26-22-27(25-10-13-3-8-19(29)21(31)20(13)30)18(11-34-22)12-1-5-15(6-2-12)28(32)33/h1-11,29-31H. The molecule has 0 aliphatic rings. The van der Waals surface area contributed by atoms with Crippen molar-refractivity contribution in [2.75, 3.05) is 0 Å². The number of aromatic hydroxyl groups is 3. The van der Waals surface area contributed by atoms with Crippen molar-refractivity contribution in [3.63, 3.8) is 0 Å². The number of hydrogen-bond acceptors (Lipinski definition) is 8. The van der Waals surface area contributed by atoms with E-state index in [1.54, 1.807) is 5.38 Å². The summed E-state index contributed by atoms with van der Waals surface area (Å²) in [5.74, 6) is -3.51. The first-order chi connectivity index (χ1) is 16.2. The molecule has 0 fully saturated rings. The molecule has 0 aliphatic heterocycles. The number of aromatic nitrogens is 1. The number of thiazole rings is 1. The maximum Gasteiger partial charge on any atom is 0.269 e. The van der Waals surface area contributed by atoms with Gasteiger partial charge in [0.25, 0.3) is 5.69 Å². The first-order valence-electron chi connectivity index (χ1n) is 9.48. The minimum absolute atomic E-state index is 0.0579. The van der Waals surface area contributed by atoms with Crippen LogP contribution in [0.5, 0.6) is 17.2 Å². The smallest absolute Gasteiger partial charge is 0.269 e. The Balaban J connectivity index is 1.87. The lowest BCUT2D eigenvalue weighted by Crippen LogP contribution is -2.11. The largest absolute Gasteiger partial charge is 0.504 e. The lowest BCUT2D eigenvalue weighted by Gasteiger charge is -2.06. The van der Waals surface area contributed by atoms with Gasteiger partial charge in [0.15, 0.2) is 17.3 Å². The van der Waals surface area contributed by atoms with E-state index >= 15 is 0 Å². The Labute approximate surface area is 193 Å². The molecule has 0 saturated carbocycles. The molecule has 0 radical (unpaired) electrons. The highest BCUT2D eigenvalue weighted by Gasteiger charge is 2.13. The van der Waals surface area contributed by atoms with Crippen molar-refractivity contribution in [2.24, 2.45) is 10.1 Å². The van der Waals surface area contributed by atoms with Crippen LogP contribution in [0.15, 0.2) is 70.1 Å². The molecule has 0 unspecified atom stereocenters. The minimum atomic E-state index is -0.887. The highest BCUT2D eigenvalue weighted by molar-refractivity contribution is 7.07. The van der Waals surface area contributed by atoms with Gasteiger partial charge in [0.05, 0.1) is 16.8 Å². The van der Waals surface area contributed by atoms with Crippen LogP contribution in [-0.2, 0) is 0 Å². The number of benzene rings is 3. The van der Waals surface area contributed by atoms with Gasteiger partial charge < -0.3 is 15.3 Å². The zero-order chi connectivity index (χ0) is 24.4. The van der Waals surface area contributed by atoms with Crippen LogP contribution in [0, 0.1) is 21.7 Å². The van der Waals surface area contributed by atoms with Crippen molar-refractivity contribution in [3.05, 3.63) is 92.1 Å². The molecule has 4 rings (SSSR count). The van der Waals surface area contributed by atoms with Crippen molar-refractivity contribution >= 4 is 28.9 Å². The molecule has 12 heteroatoms. The van der Waals surface area contributed by atoms with Crippen LogP contribution in [0.4, 0.5) is 20.2 Å². The zero-order valence-electron chi connectivity index (χ0n) is 17.0. The summed E-state index contributed by atoms with van der Waals surface area (Å²) in [6.07, 6.45) is 1.18. The second-order valence-electron chi connectivity index (χ2n) is 6.84. The van der Waals surface area contributed by atoms with Crippen LogP contribution in [0.3, 0.4) is 0 Å². The predicted octanol–water partition coefficient (Wildman–Crippen LogP) is 4.63. The van der Waals surface area contributed by atoms with Crippen LogP contribution in [0.2, 0.25) is 0 Å². The van der Waals surface area contributed by atoms with Gasteiger partial charge >= 0.3 is 0 Å². The van der Waals surface area contributed by atoms with Crippen molar-refractivity contribution in [1.82, 2.24) is 4.68 Å². The first kappa shape index (κ1) is 22.6. The fourth-order valence-electron chi connectivity index (χ4n) is 2.92. The minimum Gasteiger partial charge on any atom is -0.504 e. The van der Waals surface area contributed by atoms with E-state index in [0.717, 1.165) is 29.5 Å².